The average molecular weight is 391 g/mol. The third-order valence-electron chi connectivity index (χ3n) is 6.02. The van der Waals surface area contributed by atoms with Crippen molar-refractivity contribution in [1.29, 1.82) is 0 Å². The molecule has 2 aromatic carbocycles. The number of aromatic nitrogens is 1. The monoisotopic (exact) mass is 391 g/mol. The Hall–Kier alpha value is -3.15. The highest BCUT2D eigenvalue weighted by atomic mass is 19.1. The molecule has 3 aromatic rings. The maximum Gasteiger partial charge on any atom is 0.259 e. The molecule has 1 amide bonds. The first-order valence-corrected chi connectivity index (χ1v) is 10.1. The molecule has 0 saturated carbocycles. The first-order valence-electron chi connectivity index (χ1n) is 10.1. The van der Waals surface area contributed by atoms with E-state index in [0.717, 1.165) is 24.9 Å². The molecule has 0 spiro atoms. The minimum absolute atomic E-state index is 0.193. The number of aryl methyl sites for hydroxylation is 2. The molecule has 0 bridgehead atoms. The molecule has 3 heterocycles. The van der Waals surface area contributed by atoms with Crippen molar-refractivity contribution in [1.82, 2.24) is 9.47 Å². The Morgan fingerprint density at radius 1 is 0.931 bits per heavy atom. The van der Waals surface area contributed by atoms with Gasteiger partial charge in [-0.2, -0.15) is 0 Å². The number of pyridine rings is 1. The topological polar surface area (TPSA) is 45.6 Å². The lowest BCUT2D eigenvalue weighted by Crippen LogP contribution is -2.49. The molecule has 0 aliphatic carbocycles. The molecular weight excluding hydrogens is 369 g/mol. The van der Waals surface area contributed by atoms with E-state index in [0.29, 0.717) is 37.3 Å². The van der Waals surface area contributed by atoms with Crippen LogP contribution in [-0.4, -0.2) is 41.6 Å². The van der Waals surface area contributed by atoms with E-state index in [-0.39, 0.29) is 22.7 Å². The van der Waals surface area contributed by atoms with Crippen molar-refractivity contribution in [3.05, 3.63) is 75.8 Å². The van der Waals surface area contributed by atoms with Gasteiger partial charge >= 0.3 is 0 Å². The van der Waals surface area contributed by atoms with E-state index >= 15 is 0 Å². The van der Waals surface area contributed by atoms with Crippen LogP contribution in [0.25, 0.3) is 10.9 Å². The minimum atomic E-state index is -0.255. The van der Waals surface area contributed by atoms with Crippen molar-refractivity contribution in [2.24, 2.45) is 0 Å². The molecule has 6 heteroatoms. The molecule has 0 radical (unpaired) electrons. The summed E-state index contributed by atoms with van der Waals surface area (Å²) >= 11 is 0. The van der Waals surface area contributed by atoms with Crippen LogP contribution in [0, 0.1) is 5.82 Å². The number of nitrogens with zero attached hydrogens (tertiary/aromatic N) is 3. The number of carbonyl (C=O) groups is 1. The van der Waals surface area contributed by atoms with Gasteiger partial charge in [0.05, 0.1) is 11.2 Å². The van der Waals surface area contributed by atoms with Gasteiger partial charge in [-0.1, -0.05) is 24.3 Å². The summed E-state index contributed by atoms with van der Waals surface area (Å²) in [5, 5.41) is 0.623. The molecule has 1 saturated heterocycles. The first kappa shape index (κ1) is 17.9. The van der Waals surface area contributed by atoms with Crippen LogP contribution in [0.3, 0.4) is 0 Å². The fourth-order valence-corrected chi connectivity index (χ4v) is 4.54. The van der Waals surface area contributed by atoms with E-state index in [1.807, 2.05) is 23.1 Å². The summed E-state index contributed by atoms with van der Waals surface area (Å²) in [6.07, 6.45) is 3.70. The molecule has 148 valence electrons. The number of rotatable bonds is 2. The number of hydrogen-bond donors (Lipinski definition) is 0. The van der Waals surface area contributed by atoms with Gasteiger partial charge in [-0.15, -0.1) is 0 Å². The van der Waals surface area contributed by atoms with Crippen LogP contribution in [0.4, 0.5) is 10.1 Å². The number of benzene rings is 2. The lowest BCUT2D eigenvalue weighted by molar-refractivity contribution is 0.0744. The molecular formula is C23H22FN3O2. The van der Waals surface area contributed by atoms with Gasteiger partial charge in [-0.05, 0) is 36.6 Å². The molecule has 0 N–H and O–H groups in total. The Morgan fingerprint density at radius 3 is 2.52 bits per heavy atom. The first-order chi connectivity index (χ1) is 14.1. The van der Waals surface area contributed by atoms with Crippen molar-refractivity contribution in [3.8, 4) is 0 Å². The summed E-state index contributed by atoms with van der Waals surface area (Å²) in [5.74, 6) is -0.486. The fraction of sp³-hybridized carbons (Fsp3) is 0.304. The Bertz CT molecular complexity index is 1160. The largest absolute Gasteiger partial charge is 0.366 e. The van der Waals surface area contributed by atoms with Gasteiger partial charge in [0.2, 0.25) is 5.43 Å². The van der Waals surface area contributed by atoms with Gasteiger partial charge in [0.1, 0.15) is 11.4 Å². The van der Waals surface area contributed by atoms with E-state index in [1.54, 1.807) is 23.2 Å². The van der Waals surface area contributed by atoms with Crippen LogP contribution in [-0.2, 0) is 13.0 Å². The number of carbonyl (C=O) groups excluding carboxylic acids is 1. The van der Waals surface area contributed by atoms with Crippen molar-refractivity contribution < 1.29 is 9.18 Å². The normalized spacial score (nSPS) is 16.3. The standard InChI is InChI=1S/C23H22FN3O2/c24-19-8-1-2-9-20(19)25-11-13-26(14-12-25)23(29)18-15-27-10-4-6-16-5-3-7-17(21(16)27)22(18)28/h1-3,5,7-9,15H,4,6,10-14H2. The fourth-order valence-electron chi connectivity index (χ4n) is 4.54. The van der Waals surface area contributed by atoms with E-state index in [4.69, 9.17) is 0 Å². The van der Waals surface area contributed by atoms with E-state index < -0.39 is 0 Å². The molecule has 2 aliphatic rings. The Labute approximate surface area is 168 Å². The van der Waals surface area contributed by atoms with Gasteiger partial charge in [-0.3, -0.25) is 9.59 Å². The molecule has 1 fully saturated rings. The van der Waals surface area contributed by atoms with Crippen LogP contribution in [0.2, 0.25) is 0 Å². The van der Waals surface area contributed by atoms with Gasteiger partial charge in [0, 0.05) is 44.3 Å². The molecule has 5 rings (SSSR count). The van der Waals surface area contributed by atoms with Gasteiger partial charge < -0.3 is 14.4 Å². The Kier molecular flexibility index (Phi) is 4.34. The molecule has 5 nitrogen and oxygen atoms in total. The third kappa shape index (κ3) is 2.99. The van der Waals surface area contributed by atoms with Crippen LogP contribution < -0.4 is 10.3 Å². The molecule has 0 atom stereocenters. The summed E-state index contributed by atoms with van der Waals surface area (Å²) in [5.41, 5.74) is 2.73. The van der Waals surface area contributed by atoms with Crippen LogP contribution in [0.15, 0.2) is 53.5 Å². The predicted octanol–water partition coefficient (Wildman–Crippen LogP) is 3.05. The van der Waals surface area contributed by atoms with Crippen LogP contribution >= 0.6 is 0 Å². The van der Waals surface area contributed by atoms with E-state index in [1.165, 1.54) is 11.6 Å². The van der Waals surface area contributed by atoms with E-state index in [9.17, 15) is 14.0 Å². The lowest BCUT2D eigenvalue weighted by atomic mass is 9.99. The third-order valence-corrected chi connectivity index (χ3v) is 6.02. The quantitative estimate of drug-likeness (QED) is 0.675. The second-order valence-electron chi connectivity index (χ2n) is 7.71. The highest BCUT2D eigenvalue weighted by Crippen LogP contribution is 2.24. The number of anilines is 1. The zero-order chi connectivity index (χ0) is 20.0. The van der Waals surface area contributed by atoms with Crippen molar-refractivity contribution in [2.45, 2.75) is 19.4 Å². The van der Waals surface area contributed by atoms with Crippen molar-refractivity contribution in [2.75, 3.05) is 31.1 Å². The van der Waals surface area contributed by atoms with Crippen LogP contribution in [0.5, 0.6) is 0 Å². The minimum Gasteiger partial charge on any atom is -0.366 e. The second kappa shape index (κ2) is 7.03. The van der Waals surface area contributed by atoms with Gasteiger partial charge in [0.15, 0.2) is 0 Å². The average Bonchev–Trinajstić information content (AvgIpc) is 2.76. The van der Waals surface area contributed by atoms with Crippen molar-refractivity contribution >= 4 is 22.5 Å². The smallest absolute Gasteiger partial charge is 0.259 e. The highest BCUT2D eigenvalue weighted by Gasteiger charge is 2.27. The zero-order valence-corrected chi connectivity index (χ0v) is 16.1. The van der Waals surface area contributed by atoms with Gasteiger partial charge in [-0.25, -0.2) is 4.39 Å². The number of hydrogen-bond acceptors (Lipinski definition) is 3. The number of halogens is 1. The van der Waals surface area contributed by atoms with Crippen LogP contribution in [0.1, 0.15) is 22.3 Å². The Morgan fingerprint density at radius 2 is 1.72 bits per heavy atom. The lowest BCUT2D eigenvalue weighted by Gasteiger charge is -2.36. The van der Waals surface area contributed by atoms with Crippen molar-refractivity contribution in [3.63, 3.8) is 0 Å². The highest BCUT2D eigenvalue weighted by molar-refractivity contribution is 5.98. The number of amides is 1. The maximum absolute atomic E-state index is 14.1. The summed E-state index contributed by atoms with van der Waals surface area (Å²) in [7, 11) is 0. The summed E-state index contributed by atoms with van der Waals surface area (Å²) in [4.78, 5) is 29.9. The zero-order valence-electron chi connectivity index (χ0n) is 16.1. The number of piperazine rings is 1. The summed E-state index contributed by atoms with van der Waals surface area (Å²) in [6.45, 7) is 2.82. The van der Waals surface area contributed by atoms with E-state index in [2.05, 4.69) is 10.6 Å². The molecule has 2 aliphatic heterocycles. The summed E-state index contributed by atoms with van der Waals surface area (Å²) in [6, 6.07) is 12.5. The maximum atomic E-state index is 14.1. The second-order valence-corrected chi connectivity index (χ2v) is 7.71. The van der Waals surface area contributed by atoms with Gasteiger partial charge in [0.25, 0.3) is 5.91 Å². The molecule has 0 unspecified atom stereocenters. The number of para-hydroxylation sites is 2. The SMILES string of the molecule is O=C(c1cn2c3c(cccc3c1=O)CCC2)N1CCN(c2ccccc2F)CC1. The Balaban J connectivity index is 1.42. The molecule has 1 aromatic heterocycles. The predicted molar refractivity (Wildman–Crippen MR) is 111 cm³/mol. The molecule has 29 heavy (non-hydrogen) atoms. The summed E-state index contributed by atoms with van der Waals surface area (Å²) < 4.78 is 16.1.